The summed E-state index contributed by atoms with van der Waals surface area (Å²) in [6, 6.07) is 1.62. The van der Waals surface area contributed by atoms with E-state index in [2.05, 4.69) is 10.1 Å². The van der Waals surface area contributed by atoms with Gasteiger partial charge in [0.25, 0.3) is 0 Å². The lowest BCUT2D eigenvalue weighted by Gasteiger charge is -2.13. The normalized spacial score (nSPS) is 12.2. The van der Waals surface area contributed by atoms with Gasteiger partial charge in [0.15, 0.2) is 5.43 Å². The average molecular weight is 220 g/mol. The standard InChI is InChI=1S/C12H16N2O2/c1-5-7-6-8(15)9-10(12(2,3)4)14-16-11(9)13-7/h6H,5H2,1-4H3,(H,13,15). The first kappa shape index (κ1) is 10.9. The first-order valence-corrected chi connectivity index (χ1v) is 5.45. The van der Waals surface area contributed by atoms with Gasteiger partial charge in [-0.25, -0.2) is 0 Å². The molecule has 2 heterocycles. The Labute approximate surface area is 93.6 Å². The topological polar surface area (TPSA) is 58.9 Å². The Hall–Kier alpha value is -1.58. The lowest BCUT2D eigenvalue weighted by atomic mass is 9.90. The molecule has 4 nitrogen and oxygen atoms in total. The number of aryl methyl sites for hydroxylation is 1. The summed E-state index contributed by atoms with van der Waals surface area (Å²) in [5.74, 6) is 0. The molecule has 1 N–H and O–H groups in total. The SMILES string of the molecule is CCc1cc(=O)c2c(C(C)(C)C)noc2[nH]1. The second-order valence-electron chi connectivity index (χ2n) is 5.00. The lowest BCUT2D eigenvalue weighted by molar-refractivity contribution is 0.414. The predicted octanol–water partition coefficient (Wildman–Crippen LogP) is 2.38. The summed E-state index contributed by atoms with van der Waals surface area (Å²) in [7, 11) is 0. The van der Waals surface area contributed by atoms with Crippen molar-refractivity contribution in [2.75, 3.05) is 0 Å². The molecule has 0 bridgehead atoms. The van der Waals surface area contributed by atoms with Gasteiger partial charge in [0.2, 0.25) is 5.71 Å². The van der Waals surface area contributed by atoms with Gasteiger partial charge in [-0.05, 0) is 6.42 Å². The molecule has 2 aromatic rings. The Morgan fingerprint density at radius 1 is 1.44 bits per heavy atom. The maximum Gasteiger partial charge on any atom is 0.240 e. The van der Waals surface area contributed by atoms with Crippen LogP contribution in [0.3, 0.4) is 0 Å². The molecule has 0 aliphatic rings. The van der Waals surface area contributed by atoms with E-state index < -0.39 is 0 Å². The van der Waals surface area contributed by atoms with Gasteiger partial charge in [-0.15, -0.1) is 0 Å². The minimum atomic E-state index is -0.189. The fourth-order valence-electron chi connectivity index (χ4n) is 1.72. The summed E-state index contributed by atoms with van der Waals surface area (Å²) >= 11 is 0. The first-order chi connectivity index (χ1) is 7.43. The average Bonchev–Trinajstić information content (AvgIpc) is 2.60. The third kappa shape index (κ3) is 1.64. The smallest absolute Gasteiger partial charge is 0.240 e. The zero-order chi connectivity index (χ0) is 11.9. The molecule has 0 aromatic carbocycles. The largest absolute Gasteiger partial charge is 0.337 e. The zero-order valence-corrected chi connectivity index (χ0v) is 10.0. The van der Waals surface area contributed by atoms with Gasteiger partial charge in [0.1, 0.15) is 11.1 Å². The van der Waals surface area contributed by atoms with Crippen LogP contribution < -0.4 is 5.43 Å². The third-order valence-corrected chi connectivity index (χ3v) is 2.61. The second-order valence-corrected chi connectivity index (χ2v) is 5.00. The Morgan fingerprint density at radius 3 is 2.69 bits per heavy atom. The molecule has 0 spiro atoms. The monoisotopic (exact) mass is 220 g/mol. The van der Waals surface area contributed by atoms with E-state index in [1.807, 2.05) is 27.7 Å². The molecular weight excluding hydrogens is 204 g/mol. The molecule has 0 fully saturated rings. The quantitative estimate of drug-likeness (QED) is 0.802. The maximum atomic E-state index is 12.0. The molecule has 0 unspecified atom stereocenters. The van der Waals surface area contributed by atoms with Crippen LogP contribution in [0, 0.1) is 0 Å². The van der Waals surface area contributed by atoms with E-state index >= 15 is 0 Å². The summed E-state index contributed by atoms with van der Waals surface area (Å²) in [5.41, 5.74) is 1.86. The number of nitrogens with zero attached hydrogens (tertiary/aromatic N) is 1. The molecule has 0 radical (unpaired) electrons. The van der Waals surface area contributed by atoms with Crippen LogP contribution in [0.25, 0.3) is 11.1 Å². The molecule has 0 aliphatic carbocycles. The molecule has 0 aliphatic heterocycles. The van der Waals surface area contributed by atoms with Crippen LogP contribution in [0.15, 0.2) is 15.4 Å². The molecule has 86 valence electrons. The summed E-state index contributed by atoms with van der Waals surface area (Å²) in [4.78, 5) is 15.0. The Morgan fingerprint density at radius 2 is 2.12 bits per heavy atom. The van der Waals surface area contributed by atoms with Gasteiger partial charge >= 0.3 is 0 Å². The minimum Gasteiger partial charge on any atom is -0.337 e. The van der Waals surface area contributed by atoms with Crippen LogP contribution in [0.2, 0.25) is 0 Å². The van der Waals surface area contributed by atoms with Gasteiger partial charge in [-0.1, -0.05) is 32.9 Å². The molecule has 16 heavy (non-hydrogen) atoms. The molecule has 4 heteroatoms. The maximum absolute atomic E-state index is 12.0. The van der Waals surface area contributed by atoms with E-state index in [1.54, 1.807) is 6.07 Å². The van der Waals surface area contributed by atoms with Gasteiger partial charge in [-0.3, -0.25) is 4.79 Å². The summed E-state index contributed by atoms with van der Waals surface area (Å²) in [6.07, 6.45) is 0.775. The number of rotatable bonds is 1. The van der Waals surface area contributed by atoms with Gasteiger partial charge in [0.05, 0.1) is 0 Å². The highest BCUT2D eigenvalue weighted by molar-refractivity contribution is 5.76. The molecular formula is C12H16N2O2. The van der Waals surface area contributed by atoms with Crippen molar-refractivity contribution >= 4 is 11.1 Å². The third-order valence-electron chi connectivity index (χ3n) is 2.61. The minimum absolute atomic E-state index is 0.0169. The van der Waals surface area contributed by atoms with Crippen LogP contribution in [0.1, 0.15) is 39.1 Å². The van der Waals surface area contributed by atoms with Crippen molar-refractivity contribution in [1.82, 2.24) is 10.1 Å². The van der Waals surface area contributed by atoms with E-state index in [0.29, 0.717) is 16.8 Å². The number of pyridine rings is 1. The number of fused-ring (bicyclic) bond motifs is 1. The first-order valence-electron chi connectivity index (χ1n) is 5.45. The van der Waals surface area contributed by atoms with Crippen molar-refractivity contribution in [1.29, 1.82) is 0 Å². The number of aromatic amines is 1. The highest BCUT2D eigenvalue weighted by Crippen LogP contribution is 2.26. The highest BCUT2D eigenvalue weighted by Gasteiger charge is 2.24. The molecule has 0 amide bonds. The van der Waals surface area contributed by atoms with Gasteiger partial charge < -0.3 is 9.51 Å². The zero-order valence-electron chi connectivity index (χ0n) is 10.0. The summed E-state index contributed by atoms with van der Waals surface area (Å²) in [5, 5.41) is 4.57. The number of hydrogen-bond donors (Lipinski definition) is 1. The Kier molecular flexibility index (Phi) is 2.37. The Balaban J connectivity index is 2.79. The molecule has 2 rings (SSSR count). The lowest BCUT2D eigenvalue weighted by Crippen LogP contribution is -2.15. The van der Waals surface area contributed by atoms with Crippen LogP contribution in [0.4, 0.5) is 0 Å². The molecule has 0 atom stereocenters. The number of hydrogen-bond acceptors (Lipinski definition) is 3. The fraction of sp³-hybridized carbons (Fsp3) is 0.500. The summed E-state index contributed by atoms with van der Waals surface area (Å²) in [6.45, 7) is 8.02. The van der Waals surface area contributed by atoms with Crippen molar-refractivity contribution in [3.8, 4) is 0 Å². The molecule has 0 saturated carbocycles. The van der Waals surface area contributed by atoms with Gasteiger partial charge in [0, 0.05) is 17.2 Å². The highest BCUT2D eigenvalue weighted by atomic mass is 16.5. The van der Waals surface area contributed by atoms with Crippen molar-refractivity contribution in [2.45, 2.75) is 39.5 Å². The number of aromatic nitrogens is 2. The van der Waals surface area contributed by atoms with Crippen LogP contribution in [-0.4, -0.2) is 10.1 Å². The van der Waals surface area contributed by atoms with E-state index in [-0.39, 0.29) is 10.8 Å². The predicted molar refractivity (Wildman–Crippen MR) is 62.7 cm³/mol. The van der Waals surface area contributed by atoms with Crippen molar-refractivity contribution in [3.63, 3.8) is 0 Å². The van der Waals surface area contributed by atoms with E-state index in [4.69, 9.17) is 4.52 Å². The van der Waals surface area contributed by atoms with Crippen LogP contribution in [0.5, 0.6) is 0 Å². The molecule has 2 aromatic heterocycles. The van der Waals surface area contributed by atoms with Crippen molar-refractivity contribution in [2.24, 2.45) is 0 Å². The van der Waals surface area contributed by atoms with Crippen molar-refractivity contribution < 1.29 is 4.52 Å². The number of nitrogens with one attached hydrogen (secondary N) is 1. The fourth-order valence-corrected chi connectivity index (χ4v) is 1.72. The Bertz CT molecular complexity index is 573. The van der Waals surface area contributed by atoms with Crippen LogP contribution >= 0.6 is 0 Å². The van der Waals surface area contributed by atoms with E-state index in [1.165, 1.54) is 0 Å². The van der Waals surface area contributed by atoms with Gasteiger partial charge in [-0.2, -0.15) is 0 Å². The molecule has 0 saturated heterocycles. The second kappa shape index (κ2) is 3.47. The summed E-state index contributed by atoms with van der Waals surface area (Å²) < 4.78 is 5.19. The number of H-pyrrole nitrogens is 1. The van der Waals surface area contributed by atoms with E-state index in [0.717, 1.165) is 12.1 Å². The van der Waals surface area contributed by atoms with E-state index in [9.17, 15) is 4.79 Å². The van der Waals surface area contributed by atoms with Crippen LogP contribution in [-0.2, 0) is 11.8 Å². The van der Waals surface area contributed by atoms with Crippen molar-refractivity contribution in [3.05, 3.63) is 27.7 Å².